The van der Waals surface area contributed by atoms with Gasteiger partial charge in [-0.05, 0) is 50.5 Å². The van der Waals surface area contributed by atoms with Crippen molar-refractivity contribution in [2.45, 2.75) is 43.5 Å². The molecule has 1 heterocycles. The van der Waals surface area contributed by atoms with Gasteiger partial charge in [-0.15, -0.1) is 0 Å². The second kappa shape index (κ2) is 10.7. The number of methoxy groups -OCH3 is 2. The molecule has 32 heavy (non-hydrogen) atoms. The first-order valence-corrected chi connectivity index (χ1v) is 12.1. The lowest BCUT2D eigenvalue weighted by Crippen LogP contribution is -2.45. The molecule has 0 bridgehead atoms. The van der Waals surface area contributed by atoms with Crippen molar-refractivity contribution >= 4 is 21.7 Å². The standard InChI is InChI=1S/C23H31N3O5S/c1-17-7-10-20(11-8-17)32(28,29)26-15-5-4-6-18(26)13-14-24-23(27)25-21-12-9-19(30-2)16-22(21)31-3/h7-12,16,18H,4-6,13-15H2,1-3H3,(H2,24,25,27). The maximum Gasteiger partial charge on any atom is 0.319 e. The lowest BCUT2D eigenvalue weighted by molar-refractivity contribution is 0.234. The van der Waals surface area contributed by atoms with E-state index in [2.05, 4.69) is 10.6 Å². The van der Waals surface area contributed by atoms with E-state index in [-0.39, 0.29) is 12.1 Å². The van der Waals surface area contributed by atoms with Crippen LogP contribution in [0.15, 0.2) is 47.4 Å². The third-order valence-electron chi connectivity index (χ3n) is 5.62. The summed E-state index contributed by atoms with van der Waals surface area (Å²) in [6, 6.07) is 11.5. The Balaban J connectivity index is 1.59. The van der Waals surface area contributed by atoms with Gasteiger partial charge in [-0.3, -0.25) is 0 Å². The van der Waals surface area contributed by atoms with Crippen molar-refractivity contribution in [3.63, 3.8) is 0 Å². The van der Waals surface area contributed by atoms with Gasteiger partial charge in [-0.2, -0.15) is 4.31 Å². The molecular formula is C23H31N3O5S. The number of benzene rings is 2. The highest BCUT2D eigenvalue weighted by Gasteiger charge is 2.33. The van der Waals surface area contributed by atoms with Crippen molar-refractivity contribution in [3.8, 4) is 11.5 Å². The molecule has 174 valence electrons. The lowest BCUT2D eigenvalue weighted by Gasteiger charge is -2.34. The van der Waals surface area contributed by atoms with Crippen LogP contribution in [0, 0.1) is 6.92 Å². The predicted molar refractivity (Wildman–Crippen MR) is 124 cm³/mol. The molecule has 0 radical (unpaired) electrons. The number of nitrogens with zero attached hydrogens (tertiary/aromatic N) is 1. The number of anilines is 1. The number of rotatable bonds is 8. The van der Waals surface area contributed by atoms with Crippen molar-refractivity contribution in [2.24, 2.45) is 0 Å². The van der Waals surface area contributed by atoms with Crippen molar-refractivity contribution < 1.29 is 22.7 Å². The molecule has 3 rings (SSSR count). The fourth-order valence-electron chi connectivity index (χ4n) is 3.85. The zero-order chi connectivity index (χ0) is 23.1. The third kappa shape index (κ3) is 5.72. The molecule has 1 atom stereocenters. The van der Waals surface area contributed by atoms with E-state index in [9.17, 15) is 13.2 Å². The number of sulfonamides is 1. The van der Waals surface area contributed by atoms with Crippen molar-refractivity contribution in [1.82, 2.24) is 9.62 Å². The summed E-state index contributed by atoms with van der Waals surface area (Å²) in [6.45, 7) is 2.78. The fourth-order valence-corrected chi connectivity index (χ4v) is 5.57. The molecule has 2 N–H and O–H groups in total. The van der Waals surface area contributed by atoms with Gasteiger partial charge in [0.2, 0.25) is 10.0 Å². The minimum atomic E-state index is -3.57. The summed E-state index contributed by atoms with van der Waals surface area (Å²) in [5, 5.41) is 5.58. The van der Waals surface area contributed by atoms with Gasteiger partial charge in [0.1, 0.15) is 11.5 Å². The first-order valence-electron chi connectivity index (χ1n) is 10.7. The van der Waals surface area contributed by atoms with Gasteiger partial charge < -0.3 is 20.1 Å². The first kappa shape index (κ1) is 23.9. The minimum absolute atomic E-state index is 0.147. The number of ether oxygens (including phenoxy) is 2. The summed E-state index contributed by atoms with van der Waals surface area (Å²) in [5.74, 6) is 1.11. The Morgan fingerprint density at radius 2 is 1.84 bits per heavy atom. The number of nitrogens with one attached hydrogen (secondary N) is 2. The van der Waals surface area contributed by atoms with Gasteiger partial charge in [0.15, 0.2) is 0 Å². The molecule has 2 amide bonds. The number of carbonyl (C=O) groups is 1. The van der Waals surface area contributed by atoms with Gasteiger partial charge in [-0.1, -0.05) is 24.1 Å². The van der Waals surface area contributed by atoms with E-state index >= 15 is 0 Å². The van der Waals surface area contributed by atoms with Crippen LogP contribution in [0.2, 0.25) is 0 Å². The van der Waals surface area contributed by atoms with Gasteiger partial charge in [0, 0.05) is 25.2 Å². The molecule has 0 saturated carbocycles. The average Bonchev–Trinajstić information content (AvgIpc) is 2.80. The van der Waals surface area contributed by atoms with Crippen LogP contribution < -0.4 is 20.1 Å². The molecule has 2 aromatic rings. The highest BCUT2D eigenvalue weighted by atomic mass is 32.2. The van der Waals surface area contributed by atoms with Crippen LogP contribution in [0.25, 0.3) is 0 Å². The Hall–Kier alpha value is -2.78. The summed E-state index contributed by atoms with van der Waals surface area (Å²) in [5.41, 5.74) is 1.54. The van der Waals surface area contributed by atoms with Crippen LogP contribution in [0.3, 0.4) is 0 Å². The number of carbonyl (C=O) groups excluding carboxylic acids is 1. The quantitative estimate of drug-likeness (QED) is 0.624. The smallest absolute Gasteiger partial charge is 0.319 e. The Kier molecular flexibility index (Phi) is 7.98. The first-order chi connectivity index (χ1) is 15.3. The summed E-state index contributed by atoms with van der Waals surface area (Å²) in [6.07, 6.45) is 3.13. The summed E-state index contributed by atoms with van der Waals surface area (Å²) >= 11 is 0. The van der Waals surface area contributed by atoms with Gasteiger partial charge in [-0.25, -0.2) is 13.2 Å². The van der Waals surface area contributed by atoms with Crippen molar-refractivity contribution in [3.05, 3.63) is 48.0 Å². The average molecular weight is 462 g/mol. The molecule has 1 aliphatic heterocycles. The molecule has 1 aliphatic rings. The zero-order valence-electron chi connectivity index (χ0n) is 18.8. The van der Waals surface area contributed by atoms with Crippen LogP contribution in [-0.4, -0.2) is 52.1 Å². The molecule has 9 heteroatoms. The predicted octanol–water partition coefficient (Wildman–Crippen LogP) is 3.77. The summed E-state index contributed by atoms with van der Waals surface area (Å²) in [4.78, 5) is 12.7. The van der Waals surface area contributed by atoms with E-state index in [1.54, 1.807) is 41.7 Å². The Bertz CT molecular complexity index is 1020. The second-order valence-electron chi connectivity index (χ2n) is 7.81. The monoisotopic (exact) mass is 461 g/mol. The fraction of sp³-hybridized carbons (Fsp3) is 0.435. The topological polar surface area (TPSA) is 97.0 Å². The van der Waals surface area contributed by atoms with Crippen LogP contribution in [0.4, 0.5) is 10.5 Å². The molecule has 1 saturated heterocycles. The van der Waals surface area contributed by atoms with E-state index in [1.165, 1.54) is 7.11 Å². The normalized spacial score (nSPS) is 16.9. The van der Waals surface area contributed by atoms with E-state index in [1.807, 2.05) is 19.1 Å². The van der Waals surface area contributed by atoms with E-state index < -0.39 is 10.0 Å². The molecule has 0 spiro atoms. The molecule has 1 fully saturated rings. The van der Waals surface area contributed by atoms with Crippen molar-refractivity contribution in [2.75, 3.05) is 32.6 Å². The number of amides is 2. The Morgan fingerprint density at radius 1 is 1.09 bits per heavy atom. The summed E-state index contributed by atoms with van der Waals surface area (Å²) < 4.78 is 38.4. The van der Waals surface area contributed by atoms with Crippen LogP contribution >= 0.6 is 0 Å². The maximum absolute atomic E-state index is 13.2. The van der Waals surface area contributed by atoms with Crippen molar-refractivity contribution in [1.29, 1.82) is 0 Å². The van der Waals surface area contributed by atoms with Gasteiger partial charge >= 0.3 is 6.03 Å². The third-order valence-corrected chi connectivity index (χ3v) is 7.59. The Labute approximate surface area is 190 Å². The van der Waals surface area contributed by atoms with E-state index in [0.717, 1.165) is 24.8 Å². The summed E-state index contributed by atoms with van der Waals surface area (Å²) in [7, 11) is -0.491. The Morgan fingerprint density at radius 3 is 2.53 bits per heavy atom. The molecular weight excluding hydrogens is 430 g/mol. The molecule has 8 nitrogen and oxygen atoms in total. The maximum atomic E-state index is 13.2. The van der Waals surface area contributed by atoms with Gasteiger partial charge in [0.25, 0.3) is 0 Å². The SMILES string of the molecule is COc1ccc(NC(=O)NCCC2CCCCN2S(=O)(=O)c2ccc(C)cc2)c(OC)c1. The minimum Gasteiger partial charge on any atom is -0.497 e. The highest BCUT2D eigenvalue weighted by Crippen LogP contribution is 2.29. The van der Waals surface area contributed by atoms with Crippen LogP contribution in [0.5, 0.6) is 11.5 Å². The number of hydrogen-bond donors (Lipinski definition) is 2. The molecule has 1 unspecified atom stereocenters. The molecule has 0 aromatic heterocycles. The highest BCUT2D eigenvalue weighted by molar-refractivity contribution is 7.89. The van der Waals surface area contributed by atoms with Crippen LogP contribution in [0.1, 0.15) is 31.2 Å². The molecule has 0 aliphatic carbocycles. The lowest BCUT2D eigenvalue weighted by atomic mass is 10.0. The largest absolute Gasteiger partial charge is 0.497 e. The van der Waals surface area contributed by atoms with E-state index in [4.69, 9.17) is 9.47 Å². The number of urea groups is 1. The van der Waals surface area contributed by atoms with E-state index in [0.29, 0.717) is 41.6 Å². The second-order valence-corrected chi connectivity index (χ2v) is 9.70. The van der Waals surface area contributed by atoms with Gasteiger partial charge in [0.05, 0.1) is 24.8 Å². The number of hydrogen-bond acceptors (Lipinski definition) is 5. The van der Waals surface area contributed by atoms with Crippen LogP contribution in [-0.2, 0) is 10.0 Å². The number of piperidine rings is 1. The number of aryl methyl sites for hydroxylation is 1. The molecule has 2 aromatic carbocycles. The zero-order valence-corrected chi connectivity index (χ0v) is 19.6.